The Morgan fingerprint density at radius 3 is 1.96 bits per heavy atom. The molecule has 0 spiro atoms. The van der Waals surface area contributed by atoms with Crippen molar-refractivity contribution in [3.05, 3.63) is 95.6 Å². The van der Waals surface area contributed by atoms with Gasteiger partial charge in [-0.3, -0.25) is 4.79 Å². The second kappa shape index (κ2) is 9.37. The zero-order chi connectivity index (χ0) is 19.8. The van der Waals surface area contributed by atoms with Gasteiger partial charge in [0.05, 0.1) is 26.4 Å². The quantitative estimate of drug-likeness (QED) is 0.503. The molecule has 0 saturated heterocycles. The third-order valence-electron chi connectivity index (χ3n) is 4.32. The average molecular weight is 374 g/mol. The number of amides is 1. The maximum atomic E-state index is 12.9. The van der Waals surface area contributed by atoms with Crippen LogP contribution in [0.1, 0.15) is 22.6 Å². The maximum absolute atomic E-state index is 12.9. The summed E-state index contributed by atoms with van der Waals surface area (Å²) in [5.74, 6) is 0.597. The zero-order valence-corrected chi connectivity index (χ0v) is 15.8. The summed E-state index contributed by atoms with van der Waals surface area (Å²) in [5.41, 5.74) is 5.26. The van der Waals surface area contributed by atoms with Gasteiger partial charge >= 0.3 is 0 Å². The summed E-state index contributed by atoms with van der Waals surface area (Å²) in [7, 11) is 3.16. The zero-order valence-electron chi connectivity index (χ0n) is 15.8. The van der Waals surface area contributed by atoms with Crippen molar-refractivity contribution in [2.24, 2.45) is 5.10 Å². The Hall–Kier alpha value is -3.60. The molecule has 0 aliphatic heterocycles. The molecule has 0 aliphatic rings. The van der Waals surface area contributed by atoms with E-state index in [1.54, 1.807) is 32.6 Å². The van der Waals surface area contributed by atoms with Crippen molar-refractivity contribution in [3.8, 4) is 11.5 Å². The first-order valence-electron chi connectivity index (χ1n) is 8.87. The second-order valence-electron chi connectivity index (χ2n) is 6.10. The highest BCUT2D eigenvalue weighted by molar-refractivity contribution is 5.88. The SMILES string of the molecule is COc1ccc(/C=N/NC(=O)C(c2ccccc2)c2ccccc2)cc1OC. The molecule has 3 aromatic carbocycles. The molecule has 0 heterocycles. The number of rotatable bonds is 7. The molecule has 1 N–H and O–H groups in total. The minimum Gasteiger partial charge on any atom is -0.493 e. The summed E-state index contributed by atoms with van der Waals surface area (Å²) in [6.45, 7) is 0. The van der Waals surface area contributed by atoms with Crippen LogP contribution in [0.15, 0.2) is 84.0 Å². The van der Waals surface area contributed by atoms with Crippen molar-refractivity contribution in [3.63, 3.8) is 0 Å². The van der Waals surface area contributed by atoms with E-state index in [0.29, 0.717) is 11.5 Å². The Kier molecular flexibility index (Phi) is 6.41. The van der Waals surface area contributed by atoms with E-state index < -0.39 is 5.92 Å². The molecule has 0 aliphatic carbocycles. The van der Waals surface area contributed by atoms with Crippen molar-refractivity contribution >= 4 is 12.1 Å². The average Bonchev–Trinajstić information content (AvgIpc) is 2.75. The molecule has 3 rings (SSSR count). The van der Waals surface area contributed by atoms with Crippen LogP contribution in [-0.4, -0.2) is 26.3 Å². The first kappa shape index (κ1) is 19.2. The van der Waals surface area contributed by atoms with E-state index in [2.05, 4.69) is 10.5 Å². The van der Waals surface area contributed by atoms with E-state index in [4.69, 9.17) is 9.47 Å². The fourth-order valence-electron chi connectivity index (χ4n) is 2.95. The molecule has 0 saturated carbocycles. The van der Waals surface area contributed by atoms with E-state index in [1.165, 1.54) is 0 Å². The molecule has 28 heavy (non-hydrogen) atoms. The van der Waals surface area contributed by atoms with Gasteiger partial charge in [-0.25, -0.2) is 5.43 Å². The summed E-state index contributed by atoms with van der Waals surface area (Å²) in [5, 5.41) is 4.12. The molecule has 3 aromatic rings. The van der Waals surface area contributed by atoms with Crippen LogP contribution in [0, 0.1) is 0 Å². The number of nitrogens with one attached hydrogen (secondary N) is 1. The third-order valence-corrected chi connectivity index (χ3v) is 4.32. The van der Waals surface area contributed by atoms with Gasteiger partial charge in [0.1, 0.15) is 0 Å². The number of methoxy groups -OCH3 is 2. The largest absolute Gasteiger partial charge is 0.493 e. The fraction of sp³-hybridized carbons (Fsp3) is 0.130. The molecule has 0 radical (unpaired) electrons. The molecule has 142 valence electrons. The number of hydrazone groups is 1. The van der Waals surface area contributed by atoms with Gasteiger partial charge in [-0.1, -0.05) is 60.7 Å². The predicted molar refractivity (Wildman–Crippen MR) is 110 cm³/mol. The number of carbonyl (C=O) groups is 1. The van der Waals surface area contributed by atoms with Crippen molar-refractivity contribution < 1.29 is 14.3 Å². The first-order valence-corrected chi connectivity index (χ1v) is 8.87. The third kappa shape index (κ3) is 4.57. The minimum atomic E-state index is -0.440. The Morgan fingerprint density at radius 1 is 0.857 bits per heavy atom. The van der Waals surface area contributed by atoms with Crippen molar-refractivity contribution in [1.82, 2.24) is 5.43 Å². The van der Waals surface area contributed by atoms with Gasteiger partial charge in [-0.15, -0.1) is 0 Å². The Morgan fingerprint density at radius 2 is 1.43 bits per heavy atom. The van der Waals surface area contributed by atoms with E-state index in [1.807, 2.05) is 66.7 Å². The van der Waals surface area contributed by atoms with Gasteiger partial charge in [-0.05, 0) is 34.9 Å². The van der Waals surface area contributed by atoms with Gasteiger partial charge in [0.15, 0.2) is 11.5 Å². The molecule has 5 nitrogen and oxygen atoms in total. The number of hydrogen-bond donors (Lipinski definition) is 1. The van der Waals surface area contributed by atoms with Crippen LogP contribution in [0.25, 0.3) is 0 Å². The number of benzene rings is 3. The fourth-order valence-corrected chi connectivity index (χ4v) is 2.95. The second-order valence-corrected chi connectivity index (χ2v) is 6.10. The lowest BCUT2D eigenvalue weighted by Gasteiger charge is -2.16. The van der Waals surface area contributed by atoms with Gasteiger partial charge in [0.2, 0.25) is 0 Å². The summed E-state index contributed by atoms with van der Waals surface area (Å²) in [6, 6.07) is 24.7. The van der Waals surface area contributed by atoms with E-state index in [-0.39, 0.29) is 5.91 Å². The van der Waals surface area contributed by atoms with Crippen molar-refractivity contribution in [2.75, 3.05) is 14.2 Å². The van der Waals surface area contributed by atoms with Crippen LogP contribution >= 0.6 is 0 Å². The van der Waals surface area contributed by atoms with E-state index in [0.717, 1.165) is 16.7 Å². The monoisotopic (exact) mass is 374 g/mol. The lowest BCUT2D eigenvalue weighted by Crippen LogP contribution is -2.26. The highest BCUT2D eigenvalue weighted by atomic mass is 16.5. The standard InChI is InChI=1S/C23H22N2O3/c1-27-20-14-13-17(15-21(20)28-2)16-24-25-23(26)22(18-9-5-3-6-10-18)19-11-7-4-8-12-19/h3-16,22H,1-2H3,(H,25,26)/b24-16+. The summed E-state index contributed by atoms with van der Waals surface area (Å²) in [6.07, 6.45) is 1.58. The summed E-state index contributed by atoms with van der Waals surface area (Å²) >= 11 is 0. The molecule has 0 atom stereocenters. The summed E-state index contributed by atoms with van der Waals surface area (Å²) < 4.78 is 10.5. The van der Waals surface area contributed by atoms with E-state index >= 15 is 0 Å². The lowest BCUT2D eigenvalue weighted by atomic mass is 9.91. The first-order chi connectivity index (χ1) is 13.7. The number of hydrogen-bond acceptors (Lipinski definition) is 4. The van der Waals surface area contributed by atoms with Gasteiger partial charge in [0.25, 0.3) is 5.91 Å². The molecule has 5 heteroatoms. The Labute approximate surface area is 164 Å². The van der Waals surface area contributed by atoms with Crippen LogP contribution in [-0.2, 0) is 4.79 Å². The van der Waals surface area contributed by atoms with Crippen molar-refractivity contribution in [2.45, 2.75) is 5.92 Å². The Bertz CT molecular complexity index is 901. The number of carbonyl (C=O) groups excluding carboxylic acids is 1. The maximum Gasteiger partial charge on any atom is 0.252 e. The number of ether oxygens (including phenoxy) is 2. The van der Waals surface area contributed by atoms with Crippen LogP contribution < -0.4 is 14.9 Å². The van der Waals surface area contributed by atoms with Gasteiger partial charge in [0, 0.05) is 0 Å². The van der Waals surface area contributed by atoms with Gasteiger partial charge in [-0.2, -0.15) is 5.10 Å². The normalized spacial score (nSPS) is 10.8. The lowest BCUT2D eigenvalue weighted by molar-refractivity contribution is -0.121. The molecule has 0 aromatic heterocycles. The molecular weight excluding hydrogens is 352 g/mol. The Balaban J connectivity index is 1.78. The van der Waals surface area contributed by atoms with Crippen molar-refractivity contribution in [1.29, 1.82) is 0 Å². The highest BCUT2D eigenvalue weighted by Crippen LogP contribution is 2.27. The molecular formula is C23H22N2O3. The smallest absolute Gasteiger partial charge is 0.252 e. The highest BCUT2D eigenvalue weighted by Gasteiger charge is 2.22. The van der Waals surface area contributed by atoms with Crippen LogP contribution in [0.3, 0.4) is 0 Å². The predicted octanol–water partition coefficient (Wildman–Crippen LogP) is 3.99. The molecule has 0 bridgehead atoms. The van der Waals surface area contributed by atoms with Crippen LogP contribution in [0.2, 0.25) is 0 Å². The van der Waals surface area contributed by atoms with Crippen LogP contribution in [0.5, 0.6) is 11.5 Å². The van der Waals surface area contributed by atoms with Crippen LogP contribution in [0.4, 0.5) is 0 Å². The number of nitrogens with zero attached hydrogens (tertiary/aromatic N) is 1. The minimum absolute atomic E-state index is 0.200. The molecule has 0 unspecified atom stereocenters. The summed E-state index contributed by atoms with van der Waals surface area (Å²) in [4.78, 5) is 12.9. The molecule has 0 fully saturated rings. The van der Waals surface area contributed by atoms with Gasteiger partial charge < -0.3 is 9.47 Å². The molecule has 1 amide bonds. The van der Waals surface area contributed by atoms with E-state index in [9.17, 15) is 4.79 Å². The topological polar surface area (TPSA) is 59.9 Å².